The summed E-state index contributed by atoms with van der Waals surface area (Å²) in [5, 5.41) is 30.1. The predicted octanol–water partition coefficient (Wildman–Crippen LogP) is 1.70. The zero-order valence-electron chi connectivity index (χ0n) is 20.8. The van der Waals surface area contributed by atoms with Gasteiger partial charge in [-0.3, -0.25) is 10.2 Å². The van der Waals surface area contributed by atoms with Crippen molar-refractivity contribution >= 4 is 17.5 Å². The van der Waals surface area contributed by atoms with Gasteiger partial charge in [0, 0.05) is 31.1 Å². The highest BCUT2D eigenvalue weighted by molar-refractivity contribution is 6.12. The molecule has 5 aliphatic rings. The summed E-state index contributed by atoms with van der Waals surface area (Å²) in [5.41, 5.74) is 6.69. The summed E-state index contributed by atoms with van der Waals surface area (Å²) in [6.45, 7) is 2.52. The van der Waals surface area contributed by atoms with E-state index in [1.165, 1.54) is 0 Å². The van der Waals surface area contributed by atoms with Crippen LogP contribution in [0.2, 0.25) is 0 Å². The minimum atomic E-state index is -1.61. The van der Waals surface area contributed by atoms with E-state index in [0.29, 0.717) is 31.5 Å². The van der Waals surface area contributed by atoms with Crippen LogP contribution in [0.3, 0.4) is 0 Å². The number of rotatable bonds is 0. The van der Waals surface area contributed by atoms with Gasteiger partial charge in [-0.05, 0) is 57.2 Å². The Labute approximate surface area is 210 Å². The highest BCUT2D eigenvalue weighted by atomic mass is 16.5. The van der Waals surface area contributed by atoms with E-state index in [4.69, 9.17) is 15.9 Å². The molecule has 1 aliphatic carbocycles. The molecule has 0 bridgehead atoms. The number of piperidine rings is 1. The number of likely N-dealkylation sites (N-methyl/N-ethyl adjacent to an activating group) is 2. The Morgan fingerprint density at radius 2 is 1.78 bits per heavy atom. The molecule has 3 N–H and O–H groups in total. The molecular formula is C27H29N7O2. The third kappa shape index (κ3) is 2.35. The number of likely N-dealkylation sites (tertiary alicyclic amines) is 1. The number of anilines is 1. The molecule has 4 heterocycles. The quantitative estimate of drug-likeness (QED) is 0.574. The molecule has 184 valence electrons. The molecule has 36 heavy (non-hydrogen) atoms. The highest BCUT2D eigenvalue weighted by Crippen LogP contribution is 2.65. The lowest BCUT2D eigenvalue weighted by atomic mass is 9.48. The Balaban J connectivity index is 1.69. The van der Waals surface area contributed by atoms with E-state index in [2.05, 4.69) is 21.9 Å². The van der Waals surface area contributed by atoms with E-state index in [9.17, 15) is 15.3 Å². The number of nitriles is 2. The van der Waals surface area contributed by atoms with Gasteiger partial charge in [-0.25, -0.2) is 0 Å². The monoisotopic (exact) mass is 483 g/mol. The first-order chi connectivity index (χ1) is 17.2. The van der Waals surface area contributed by atoms with Gasteiger partial charge in [0.15, 0.2) is 5.41 Å². The average molecular weight is 484 g/mol. The Kier molecular flexibility index (Phi) is 4.55. The molecule has 9 nitrogen and oxygen atoms in total. The Morgan fingerprint density at radius 1 is 1.11 bits per heavy atom. The summed E-state index contributed by atoms with van der Waals surface area (Å²) < 4.78 is 6.36. The third-order valence-electron chi connectivity index (χ3n) is 9.28. The SMILES string of the molecule is CN1CCC2(CC1)C1=C3C(=C(N)C2(C#N)C#N)C(=N)O[C@@]2(C(=O)N(C)c4ccccc42)[C@@H]3CN(C)C1. The largest absolute Gasteiger partial charge is 0.455 e. The van der Waals surface area contributed by atoms with Crippen molar-refractivity contribution in [1.29, 1.82) is 15.9 Å². The van der Waals surface area contributed by atoms with Crippen LogP contribution < -0.4 is 10.6 Å². The van der Waals surface area contributed by atoms with Crippen LogP contribution in [0.4, 0.5) is 5.69 Å². The van der Waals surface area contributed by atoms with Gasteiger partial charge in [0.1, 0.15) is 0 Å². The van der Waals surface area contributed by atoms with Crippen molar-refractivity contribution in [3.05, 3.63) is 52.2 Å². The van der Waals surface area contributed by atoms with Crippen molar-refractivity contribution in [2.45, 2.75) is 18.4 Å². The molecule has 4 aliphatic heterocycles. The lowest BCUT2D eigenvalue weighted by molar-refractivity contribution is -0.140. The van der Waals surface area contributed by atoms with Crippen molar-refractivity contribution in [3.63, 3.8) is 0 Å². The molecule has 6 rings (SSSR count). The summed E-state index contributed by atoms with van der Waals surface area (Å²) in [5.74, 6) is -0.885. The zero-order chi connectivity index (χ0) is 25.6. The number of allylic oxidation sites excluding steroid dienone is 1. The number of nitrogens with one attached hydrogen (secondary N) is 1. The molecule has 9 heteroatoms. The zero-order valence-corrected chi connectivity index (χ0v) is 20.8. The second-order valence-corrected chi connectivity index (χ2v) is 10.8. The van der Waals surface area contributed by atoms with Gasteiger partial charge in [0.25, 0.3) is 5.91 Å². The van der Waals surface area contributed by atoms with Crippen LogP contribution in [0.15, 0.2) is 46.7 Å². The van der Waals surface area contributed by atoms with E-state index in [1.54, 1.807) is 11.9 Å². The van der Waals surface area contributed by atoms with Crippen molar-refractivity contribution in [3.8, 4) is 12.1 Å². The topological polar surface area (TPSA) is 133 Å². The van der Waals surface area contributed by atoms with Crippen molar-refractivity contribution < 1.29 is 9.53 Å². The predicted molar refractivity (Wildman–Crippen MR) is 132 cm³/mol. The van der Waals surface area contributed by atoms with E-state index < -0.39 is 22.3 Å². The molecule has 1 aromatic carbocycles. The number of nitrogens with two attached hydrogens (primary N) is 1. The van der Waals surface area contributed by atoms with Crippen molar-refractivity contribution in [2.75, 3.05) is 52.2 Å². The summed E-state index contributed by atoms with van der Waals surface area (Å²) in [7, 11) is 5.77. The number of hydrogen-bond donors (Lipinski definition) is 2. The molecule has 2 atom stereocenters. The van der Waals surface area contributed by atoms with E-state index in [1.807, 2.05) is 38.4 Å². The summed E-state index contributed by atoms with van der Waals surface area (Å²) in [6.07, 6.45) is 1.20. The molecule has 0 radical (unpaired) electrons. The van der Waals surface area contributed by atoms with Crippen LogP contribution in [0, 0.1) is 44.8 Å². The molecule has 0 unspecified atom stereocenters. The second-order valence-electron chi connectivity index (χ2n) is 10.8. The number of carbonyl (C=O) groups excluding carboxylic acids is 1. The second kappa shape index (κ2) is 7.19. The maximum atomic E-state index is 14.0. The molecule has 0 aromatic heterocycles. The first-order valence-electron chi connectivity index (χ1n) is 12.3. The highest BCUT2D eigenvalue weighted by Gasteiger charge is 2.69. The summed E-state index contributed by atoms with van der Waals surface area (Å²) in [4.78, 5) is 20.0. The molecule has 2 saturated heterocycles. The number of ether oxygens (including phenoxy) is 1. The van der Waals surface area contributed by atoms with Gasteiger partial charge in [-0.1, -0.05) is 18.2 Å². The minimum Gasteiger partial charge on any atom is -0.455 e. The van der Waals surface area contributed by atoms with E-state index in [-0.39, 0.29) is 17.5 Å². The van der Waals surface area contributed by atoms with Gasteiger partial charge in [-0.2, -0.15) is 10.5 Å². The van der Waals surface area contributed by atoms with Crippen molar-refractivity contribution in [2.24, 2.45) is 22.5 Å². The molecule has 2 fully saturated rings. The number of benzene rings is 1. The number of nitrogens with zero attached hydrogens (tertiary/aromatic N) is 5. The van der Waals surface area contributed by atoms with Crippen LogP contribution in [-0.4, -0.2) is 68.9 Å². The standard InChI is InChI=1S/C27H29N7O2/c1-32-10-8-25(9-11-32)17-12-33(2)13-18-20(17)21(22(30)26(25,14-28)15-29)23(31)36-27(18)16-6-4-5-7-19(16)34(3)24(27)35/h4-7,18,31H,8-13,30H2,1-3H3/t18-,27-/m1/s1. The van der Waals surface area contributed by atoms with Gasteiger partial charge in [0.2, 0.25) is 11.5 Å². The number of para-hydroxylation sites is 1. The number of carbonyl (C=O) groups is 1. The molecule has 0 saturated carbocycles. The molecular weight excluding hydrogens is 454 g/mol. The van der Waals surface area contributed by atoms with Crippen LogP contribution in [0.25, 0.3) is 0 Å². The van der Waals surface area contributed by atoms with Crippen molar-refractivity contribution in [1.82, 2.24) is 9.80 Å². The Morgan fingerprint density at radius 3 is 2.44 bits per heavy atom. The number of hydrogen-bond acceptors (Lipinski definition) is 8. The smallest absolute Gasteiger partial charge is 0.276 e. The van der Waals surface area contributed by atoms with Gasteiger partial charge >= 0.3 is 0 Å². The van der Waals surface area contributed by atoms with Gasteiger partial charge in [0.05, 0.1) is 35.0 Å². The van der Waals surface area contributed by atoms with Gasteiger partial charge in [-0.15, -0.1) is 0 Å². The summed E-state index contributed by atoms with van der Waals surface area (Å²) >= 11 is 0. The molecule has 1 amide bonds. The maximum Gasteiger partial charge on any atom is 0.276 e. The van der Waals surface area contributed by atoms with Crippen LogP contribution in [0.5, 0.6) is 0 Å². The number of amides is 1. The van der Waals surface area contributed by atoms with Crippen LogP contribution in [-0.2, 0) is 15.1 Å². The maximum absolute atomic E-state index is 14.0. The average Bonchev–Trinajstić information content (AvgIpc) is 3.08. The molecule has 2 spiro atoms. The van der Waals surface area contributed by atoms with E-state index >= 15 is 0 Å². The minimum absolute atomic E-state index is 0.0947. The first-order valence-corrected chi connectivity index (χ1v) is 12.3. The molecule has 1 aromatic rings. The number of fused-ring (bicyclic) bond motifs is 4. The van der Waals surface area contributed by atoms with Crippen LogP contribution in [0.1, 0.15) is 18.4 Å². The summed E-state index contributed by atoms with van der Waals surface area (Å²) in [6, 6.07) is 12.2. The first kappa shape index (κ1) is 22.8. The fourth-order valence-electron chi connectivity index (χ4n) is 7.47. The van der Waals surface area contributed by atoms with Gasteiger partial charge < -0.3 is 25.2 Å². The fourth-order valence-corrected chi connectivity index (χ4v) is 7.47. The lowest BCUT2D eigenvalue weighted by Gasteiger charge is -2.58. The van der Waals surface area contributed by atoms with Crippen LogP contribution >= 0.6 is 0 Å². The fraction of sp³-hybridized carbons (Fsp3) is 0.481. The Hall–Kier alpha value is -3.66. The lowest BCUT2D eigenvalue weighted by Crippen LogP contribution is -2.63. The van der Waals surface area contributed by atoms with E-state index in [0.717, 1.165) is 35.5 Å². The Bertz CT molecular complexity index is 1360. The normalized spacial score (nSPS) is 30.7. The third-order valence-corrected chi connectivity index (χ3v) is 9.28.